The van der Waals surface area contributed by atoms with Gasteiger partial charge in [-0.05, 0) is 36.9 Å². The lowest BCUT2D eigenvalue weighted by Gasteiger charge is -2.25. The van der Waals surface area contributed by atoms with Crippen molar-refractivity contribution in [1.29, 1.82) is 0 Å². The van der Waals surface area contributed by atoms with Gasteiger partial charge in [0.05, 0.1) is 5.75 Å². The van der Waals surface area contributed by atoms with Gasteiger partial charge in [0.15, 0.2) is 0 Å². The fourth-order valence-corrected chi connectivity index (χ4v) is 5.52. The zero-order valence-electron chi connectivity index (χ0n) is 12.8. The monoisotopic (exact) mass is 348 g/mol. The van der Waals surface area contributed by atoms with E-state index in [4.69, 9.17) is 5.73 Å². The molecule has 0 saturated heterocycles. The maximum Gasteiger partial charge on any atom is 0.214 e. The molecule has 0 aliphatic heterocycles. The molecule has 7 heteroatoms. The van der Waals surface area contributed by atoms with E-state index in [1.165, 1.54) is 16.1 Å². The molecule has 1 atom stereocenters. The molecule has 0 fully saturated rings. The Labute approximate surface area is 136 Å². The molecule has 1 rings (SSSR count). The first-order valence-electron chi connectivity index (χ1n) is 6.83. The van der Waals surface area contributed by atoms with Crippen LogP contribution in [0.4, 0.5) is 5.69 Å². The number of nitrogen functional groups attached to an aromatic ring is 1. The van der Waals surface area contributed by atoms with Gasteiger partial charge >= 0.3 is 0 Å². The van der Waals surface area contributed by atoms with Crippen LogP contribution < -0.4 is 5.73 Å². The molecular weight excluding hydrogens is 324 g/mol. The lowest BCUT2D eigenvalue weighted by molar-refractivity contribution is 0.386. The van der Waals surface area contributed by atoms with Gasteiger partial charge in [-0.1, -0.05) is 6.92 Å². The second kappa shape index (κ2) is 8.92. The first-order valence-corrected chi connectivity index (χ1v) is 10.8. The van der Waals surface area contributed by atoms with E-state index in [0.29, 0.717) is 5.75 Å². The van der Waals surface area contributed by atoms with Gasteiger partial charge in [0, 0.05) is 35.2 Å². The zero-order chi connectivity index (χ0) is 15.9. The number of sulfonamides is 1. The lowest BCUT2D eigenvalue weighted by Crippen LogP contribution is -2.40. The summed E-state index contributed by atoms with van der Waals surface area (Å²) < 4.78 is 26.2. The minimum absolute atomic E-state index is 0.0755. The van der Waals surface area contributed by atoms with Gasteiger partial charge in [0.2, 0.25) is 10.0 Å². The van der Waals surface area contributed by atoms with Gasteiger partial charge < -0.3 is 5.73 Å². The van der Waals surface area contributed by atoms with Crippen molar-refractivity contribution in [3.63, 3.8) is 0 Å². The lowest BCUT2D eigenvalue weighted by atomic mass is 10.3. The summed E-state index contributed by atoms with van der Waals surface area (Å²) in [4.78, 5) is 1.04. The molecule has 0 aromatic heterocycles. The Morgan fingerprint density at radius 1 is 1.29 bits per heavy atom. The molecule has 0 aliphatic carbocycles. The van der Waals surface area contributed by atoms with E-state index in [1.54, 1.807) is 18.8 Å². The Bertz CT molecular complexity index is 518. The summed E-state index contributed by atoms with van der Waals surface area (Å²) in [6.07, 6.45) is 2.84. The van der Waals surface area contributed by atoms with Gasteiger partial charge in [0.1, 0.15) is 0 Å². The highest BCUT2D eigenvalue weighted by atomic mass is 32.2. The molecule has 0 bridgehead atoms. The van der Waals surface area contributed by atoms with Crippen LogP contribution in [-0.2, 0) is 10.0 Å². The fraction of sp³-hybridized carbons (Fsp3) is 0.571. The van der Waals surface area contributed by atoms with Crippen LogP contribution in [0.25, 0.3) is 0 Å². The van der Waals surface area contributed by atoms with Crippen molar-refractivity contribution in [2.75, 3.05) is 36.3 Å². The van der Waals surface area contributed by atoms with Crippen LogP contribution in [0.3, 0.4) is 0 Å². The summed E-state index contributed by atoms with van der Waals surface area (Å²) in [6, 6.07) is 7.56. The van der Waals surface area contributed by atoms with Crippen molar-refractivity contribution in [3.8, 4) is 0 Å². The number of hydrogen-bond acceptors (Lipinski definition) is 5. The Kier molecular flexibility index (Phi) is 7.94. The van der Waals surface area contributed by atoms with Crippen LogP contribution in [0, 0.1) is 0 Å². The molecule has 0 heterocycles. The average Bonchev–Trinajstić information content (AvgIpc) is 2.46. The van der Waals surface area contributed by atoms with Gasteiger partial charge in [-0.25, -0.2) is 12.7 Å². The topological polar surface area (TPSA) is 63.4 Å². The van der Waals surface area contributed by atoms with Gasteiger partial charge in [-0.15, -0.1) is 11.8 Å². The molecule has 0 radical (unpaired) electrons. The third kappa shape index (κ3) is 6.10. The molecule has 4 nitrogen and oxygen atoms in total. The molecule has 0 spiro atoms. The molecule has 1 aromatic rings. The van der Waals surface area contributed by atoms with Crippen LogP contribution in [0.15, 0.2) is 29.2 Å². The third-order valence-electron chi connectivity index (χ3n) is 3.27. The van der Waals surface area contributed by atoms with E-state index in [9.17, 15) is 8.42 Å². The van der Waals surface area contributed by atoms with Gasteiger partial charge in [0.25, 0.3) is 0 Å². The van der Waals surface area contributed by atoms with Crippen molar-refractivity contribution in [3.05, 3.63) is 24.3 Å². The highest BCUT2D eigenvalue weighted by molar-refractivity contribution is 8.00. The molecule has 120 valence electrons. The van der Waals surface area contributed by atoms with Crippen molar-refractivity contribution in [1.82, 2.24) is 4.31 Å². The molecule has 0 amide bonds. The predicted octanol–water partition coefficient (Wildman–Crippen LogP) is 2.76. The number of nitrogens with two attached hydrogens (primary N) is 1. The summed E-state index contributed by atoms with van der Waals surface area (Å²) in [5.41, 5.74) is 6.34. The number of nitrogens with zero attached hydrogens (tertiary/aromatic N) is 1. The number of rotatable bonds is 9. The Morgan fingerprint density at radius 2 is 1.90 bits per heavy atom. The van der Waals surface area contributed by atoms with Crippen LogP contribution in [0.1, 0.15) is 13.3 Å². The van der Waals surface area contributed by atoms with Crippen molar-refractivity contribution in [2.45, 2.75) is 24.3 Å². The SMILES string of the molecule is CCC(CSC)N(C)S(=O)(=O)CCSc1ccc(N)cc1. The number of benzene rings is 1. The first-order chi connectivity index (χ1) is 9.90. The van der Waals surface area contributed by atoms with E-state index >= 15 is 0 Å². The van der Waals surface area contributed by atoms with Gasteiger partial charge in [-0.3, -0.25) is 0 Å². The molecule has 1 aromatic carbocycles. The van der Waals surface area contributed by atoms with Crippen LogP contribution in [-0.4, -0.2) is 49.3 Å². The smallest absolute Gasteiger partial charge is 0.214 e. The Hall–Kier alpha value is -0.370. The van der Waals surface area contributed by atoms with Crippen LogP contribution in [0.5, 0.6) is 0 Å². The fourth-order valence-electron chi connectivity index (χ4n) is 1.87. The molecule has 0 aliphatic rings. The molecule has 1 unspecified atom stereocenters. The summed E-state index contributed by atoms with van der Waals surface area (Å²) in [7, 11) is -1.51. The van der Waals surface area contributed by atoms with E-state index in [1.807, 2.05) is 37.4 Å². The van der Waals surface area contributed by atoms with Crippen molar-refractivity contribution >= 4 is 39.2 Å². The Balaban J connectivity index is 2.53. The van der Waals surface area contributed by atoms with Gasteiger partial charge in [-0.2, -0.15) is 11.8 Å². The second-order valence-electron chi connectivity index (χ2n) is 4.77. The van der Waals surface area contributed by atoms with E-state index in [-0.39, 0.29) is 11.8 Å². The maximum atomic E-state index is 12.3. The van der Waals surface area contributed by atoms with E-state index in [2.05, 4.69) is 0 Å². The minimum Gasteiger partial charge on any atom is -0.399 e. The normalized spacial score (nSPS) is 13.5. The summed E-state index contributed by atoms with van der Waals surface area (Å²) in [5, 5.41) is 0. The Morgan fingerprint density at radius 3 is 2.43 bits per heavy atom. The quantitative estimate of drug-likeness (QED) is 0.549. The molecular formula is C14H24N2O2S3. The van der Waals surface area contributed by atoms with Crippen molar-refractivity contribution in [2.24, 2.45) is 0 Å². The van der Waals surface area contributed by atoms with Crippen LogP contribution in [0.2, 0.25) is 0 Å². The van der Waals surface area contributed by atoms with Crippen molar-refractivity contribution < 1.29 is 8.42 Å². The molecule has 21 heavy (non-hydrogen) atoms. The maximum absolute atomic E-state index is 12.3. The first kappa shape index (κ1) is 18.7. The number of thioether (sulfide) groups is 2. The second-order valence-corrected chi connectivity index (χ2v) is 8.99. The third-order valence-corrected chi connectivity index (χ3v) is 7.16. The van der Waals surface area contributed by atoms with E-state index < -0.39 is 10.0 Å². The zero-order valence-corrected chi connectivity index (χ0v) is 15.2. The molecule has 0 saturated carbocycles. The number of hydrogen-bond donors (Lipinski definition) is 1. The summed E-state index contributed by atoms with van der Waals surface area (Å²) in [6.45, 7) is 2.02. The van der Waals surface area contributed by atoms with Crippen LogP contribution >= 0.6 is 23.5 Å². The largest absolute Gasteiger partial charge is 0.399 e. The standard InChI is InChI=1S/C14H24N2O2S3/c1-4-13(11-19-3)16(2)21(17,18)10-9-20-14-7-5-12(15)6-8-14/h5-8,13H,4,9-11,15H2,1-3H3. The number of anilines is 1. The average molecular weight is 349 g/mol. The summed E-state index contributed by atoms with van der Waals surface area (Å²) >= 11 is 3.22. The highest BCUT2D eigenvalue weighted by Crippen LogP contribution is 2.20. The predicted molar refractivity (Wildman–Crippen MR) is 95.6 cm³/mol. The highest BCUT2D eigenvalue weighted by Gasteiger charge is 2.24. The summed E-state index contributed by atoms with van der Waals surface area (Å²) in [5.74, 6) is 1.53. The van der Waals surface area contributed by atoms with E-state index in [0.717, 1.165) is 22.8 Å². The molecule has 2 N–H and O–H groups in total. The minimum atomic E-state index is -3.20.